The smallest absolute Gasteiger partial charge is 0.430 e. The second kappa shape index (κ2) is 9.84. The number of hydrogen-bond acceptors (Lipinski definition) is 9. The Morgan fingerprint density at radius 2 is 1.91 bits per heavy atom. The summed E-state index contributed by atoms with van der Waals surface area (Å²) in [6.07, 6.45) is 2.16. The predicted octanol–water partition coefficient (Wildman–Crippen LogP) is 2.59. The lowest BCUT2D eigenvalue weighted by atomic mass is 10.2. The summed E-state index contributed by atoms with van der Waals surface area (Å²) in [5, 5.41) is 12.4. The van der Waals surface area contributed by atoms with Gasteiger partial charge in [0.15, 0.2) is 0 Å². The van der Waals surface area contributed by atoms with E-state index in [1.807, 2.05) is 12.1 Å². The fourth-order valence-electron chi connectivity index (χ4n) is 2.82. The molecule has 0 N–H and O–H groups in total. The maximum atomic E-state index is 13.2. The van der Waals surface area contributed by atoms with Gasteiger partial charge in [0.1, 0.15) is 16.2 Å². The summed E-state index contributed by atoms with van der Waals surface area (Å²) in [7, 11) is -3.17. The molecule has 0 bridgehead atoms. The van der Waals surface area contributed by atoms with E-state index in [0.717, 1.165) is 5.56 Å². The summed E-state index contributed by atoms with van der Waals surface area (Å²) >= 11 is 0. The molecule has 0 aliphatic carbocycles. The molecule has 3 rings (SSSR count). The number of ether oxygens (including phenoxy) is 2. The molecule has 3 aromatic rings. The van der Waals surface area contributed by atoms with Gasteiger partial charge in [-0.25, -0.2) is 19.8 Å². The van der Waals surface area contributed by atoms with Gasteiger partial charge >= 0.3 is 12.8 Å². The first kappa shape index (κ1) is 24.6. The van der Waals surface area contributed by atoms with Crippen LogP contribution in [-0.2, 0) is 21.3 Å². The van der Waals surface area contributed by atoms with Gasteiger partial charge < -0.3 is 9.47 Å². The van der Waals surface area contributed by atoms with Crippen molar-refractivity contribution in [2.24, 2.45) is 0 Å². The van der Waals surface area contributed by atoms with Crippen LogP contribution in [0.4, 0.5) is 4.79 Å². The van der Waals surface area contributed by atoms with Gasteiger partial charge in [-0.1, -0.05) is 0 Å². The number of methoxy groups -OCH3 is 1. The van der Waals surface area contributed by atoms with Crippen molar-refractivity contribution >= 4 is 16.1 Å². The summed E-state index contributed by atoms with van der Waals surface area (Å²) in [5.74, 6) is 0.197. The molecule has 178 valence electrons. The van der Waals surface area contributed by atoms with E-state index in [1.54, 1.807) is 33.2 Å². The van der Waals surface area contributed by atoms with E-state index >= 15 is 0 Å². The SMILES string of the molecule is [C-]#[N+]CN(C(=O)OC(C)(C)C)S(=O)(=O)c1ccc(-c2nnn(Cc3ccncc3)n2)cc1OC. The third-order valence-electron chi connectivity index (χ3n) is 4.31. The lowest BCUT2D eigenvalue weighted by Crippen LogP contribution is -2.40. The Morgan fingerprint density at radius 3 is 2.53 bits per heavy atom. The van der Waals surface area contributed by atoms with Crippen molar-refractivity contribution in [1.82, 2.24) is 29.5 Å². The van der Waals surface area contributed by atoms with Gasteiger partial charge in [0, 0.05) is 18.0 Å². The van der Waals surface area contributed by atoms with Crippen LogP contribution in [0.15, 0.2) is 47.6 Å². The molecule has 0 unspecified atom stereocenters. The Kier molecular flexibility index (Phi) is 7.11. The van der Waals surface area contributed by atoms with Crippen LogP contribution in [-0.4, -0.2) is 63.4 Å². The minimum absolute atomic E-state index is 0.0541. The number of sulfonamides is 1. The quantitative estimate of drug-likeness (QED) is 0.463. The maximum Gasteiger partial charge on any atom is 0.430 e. The number of nitrogens with zero attached hydrogens (tertiary/aromatic N) is 7. The van der Waals surface area contributed by atoms with E-state index in [2.05, 4.69) is 25.2 Å². The lowest BCUT2D eigenvalue weighted by Gasteiger charge is -2.24. The average molecular weight is 486 g/mol. The van der Waals surface area contributed by atoms with Gasteiger partial charge in [0.05, 0.1) is 13.7 Å². The van der Waals surface area contributed by atoms with Crippen LogP contribution in [0, 0.1) is 6.57 Å². The molecule has 0 aliphatic rings. The standard InChI is InChI=1S/C21H23N7O5S/c1-21(2,3)33-20(29)27(14-22-4)34(30,31)18-7-6-16(12-17(18)32-5)19-24-26-28(25-19)13-15-8-10-23-11-9-15/h6-12H,13-14H2,1-3,5H3. The number of tetrazole rings is 1. The van der Waals surface area contributed by atoms with Gasteiger partial charge in [0.25, 0.3) is 10.0 Å². The number of hydrogen-bond donors (Lipinski definition) is 0. The molecular weight excluding hydrogens is 462 g/mol. The van der Waals surface area contributed by atoms with Crippen LogP contribution >= 0.6 is 0 Å². The Hall–Kier alpha value is -4.05. The highest BCUT2D eigenvalue weighted by Crippen LogP contribution is 2.31. The molecule has 1 aromatic carbocycles. The third-order valence-corrected chi connectivity index (χ3v) is 6.05. The van der Waals surface area contributed by atoms with Crippen LogP contribution in [0.3, 0.4) is 0 Å². The molecule has 0 saturated heterocycles. The summed E-state index contributed by atoms with van der Waals surface area (Å²) in [5.41, 5.74) is 0.431. The molecule has 0 spiro atoms. The maximum absolute atomic E-state index is 13.2. The largest absolute Gasteiger partial charge is 0.495 e. The second-order valence-corrected chi connectivity index (χ2v) is 9.83. The minimum Gasteiger partial charge on any atom is -0.495 e. The van der Waals surface area contributed by atoms with Crippen LogP contribution in [0.25, 0.3) is 16.2 Å². The monoisotopic (exact) mass is 485 g/mol. The summed E-state index contributed by atoms with van der Waals surface area (Å²) < 4.78 is 37.3. The zero-order valence-corrected chi connectivity index (χ0v) is 19.9. The van der Waals surface area contributed by atoms with Gasteiger partial charge in [-0.05, 0) is 61.9 Å². The number of aromatic nitrogens is 5. The molecule has 2 heterocycles. The number of benzene rings is 1. The molecule has 1 amide bonds. The Morgan fingerprint density at radius 1 is 1.21 bits per heavy atom. The average Bonchev–Trinajstić information content (AvgIpc) is 3.24. The predicted molar refractivity (Wildman–Crippen MR) is 120 cm³/mol. The highest BCUT2D eigenvalue weighted by molar-refractivity contribution is 7.89. The van der Waals surface area contributed by atoms with Gasteiger partial charge in [-0.3, -0.25) is 9.83 Å². The number of pyridine rings is 1. The van der Waals surface area contributed by atoms with Crippen molar-refractivity contribution in [3.63, 3.8) is 0 Å². The van der Waals surface area contributed by atoms with E-state index in [0.29, 0.717) is 16.4 Å². The van der Waals surface area contributed by atoms with Crippen LogP contribution in [0.2, 0.25) is 0 Å². The normalized spacial score (nSPS) is 11.5. The summed E-state index contributed by atoms with van der Waals surface area (Å²) in [6.45, 7) is 11.5. The van der Waals surface area contributed by atoms with Crippen molar-refractivity contribution in [3.05, 3.63) is 59.7 Å². The minimum atomic E-state index is -4.46. The molecule has 34 heavy (non-hydrogen) atoms. The van der Waals surface area contributed by atoms with Crippen LogP contribution in [0.1, 0.15) is 26.3 Å². The number of rotatable bonds is 7. The van der Waals surface area contributed by atoms with E-state index in [4.69, 9.17) is 16.0 Å². The topological polar surface area (TPSA) is 134 Å². The van der Waals surface area contributed by atoms with Gasteiger partial charge in [-0.2, -0.15) is 4.80 Å². The molecule has 0 radical (unpaired) electrons. The Balaban J connectivity index is 1.92. The van der Waals surface area contributed by atoms with E-state index in [-0.39, 0.29) is 16.5 Å². The van der Waals surface area contributed by atoms with Gasteiger partial charge in [0.2, 0.25) is 5.82 Å². The molecular formula is C21H23N7O5S. The second-order valence-electron chi connectivity index (χ2n) is 8.00. The Bertz CT molecular complexity index is 1310. The van der Waals surface area contributed by atoms with Crippen molar-refractivity contribution in [2.75, 3.05) is 13.8 Å². The van der Waals surface area contributed by atoms with Crippen LogP contribution in [0.5, 0.6) is 5.75 Å². The van der Waals surface area contributed by atoms with Gasteiger partial charge in [-0.15, -0.1) is 14.5 Å². The fraction of sp³-hybridized carbons (Fsp3) is 0.333. The highest BCUT2D eigenvalue weighted by atomic mass is 32.2. The molecule has 0 atom stereocenters. The number of amides is 1. The third kappa shape index (κ3) is 5.65. The van der Waals surface area contributed by atoms with E-state index in [1.165, 1.54) is 30.1 Å². The van der Waals surface area contributed by atoms with Crippen molar-refractivity contribution in [3.8, 4) is 17.1 Å². The number of carbonyl (C=O) groups excluding carboxylic acids is 1. The molecule has 12 nitrogen and oxygen atoms in total. The first-order valence-electron chi connectivity index (χ1n) is 9.99. The molecule has 13 heteroatoms. The number of carbonyl (C=O) groups is 1. The lowest BCUT2D eigenvalue weighted by molar-refractivity contribution is 0.0403. The first-order chi connectivity index (χ1) is 16.0. The van der Waals surface area contributed by atoms with Crippen molar-refractivity contribution < 1.29 is 22.7 Å². The van der Waals surface area contributed by atoms with Crippen molar-refractivity contribution in [2.45, 2.75) is 37.8 Å². The van der Waals surface area contributed by atoms with Crippen LogP contribution < -0.4 is 4.74 Å². The Labute approximate surface area is 197 Å². The van der Waals surface area contributed by atoms with E-state index in [9.17, 15) is 13.2 Å². The summed E-state index contributed by atoms with van der Waals surface area (Å²) in [6, 6.07) is 7.80. The molecule has 0 saturated carbocycles. The fourth-order valence-corrected chi connectivity index (χ4v) is 4.14. The summed E-state index contributed by atoms with van der Waals surface area (Å²) in [4.78, 5) is 20.6. The van der Waals surface area contributed by atoms with Crippen molar-refractivity contribution in [1.29, 1.82) is 0 Å². The zero-order valence-electron chi connectivity index (χ0n) is 19.0. The van der Waals surface area contributed by atoms with E-state index < -0.39 is 28.4 Å². The highest BCUT2D eigenvalue weighted by Gasteiger charge is 2.37. The molecule has 0 fully saturated rings. The first-order valence-corrected chi connectivity index (χ1v) is 11.4. The zero-order chi connectivity index (χ0) is 24.9. The molecule has 2 aromatic heterocycles. The molecule has 0 aliphatic heterocycles.